The van der Waals surface area contributed by atoms with Crippen LogP contribution in [0.5, 0.6) is 0 Å². The molecule has 120 valence electrons. The number of nitrogens with zero attached hydrogens (tertiary/aromatic N) is 5. The second-order valence-electron chi connectivity index (χ2n) is 5.84. The lowest BCUT2D eigenvalue weighted by Crippen LogP contribution is -2.38. The van der Waals surface area contributed by atoms with Crippen LogP contribution >= 0.6 is 0 Å². The van der Waals surface area contributed by atoms with Gasteiger partial charge >= 0.3 is 0 Å². The van der Waals surface area contributed by atoms with Gasteiger partial charge in [0, 0.05) is 18.7 Å². The van der Waals surface area contributed by atoms with Crippen molar-refractivity contribution in [3.63, 3.8) is 0 Å². The van der Waals surface area contributed by atoms with Gasteiger partial charge in [0.2, 0.25) is 11.7 Å². The molecular weight excluding hydrogens is 302 g/mol. The number of hydrogen-bond donors (Lipinski definition) is 0. The summed E-state index contributed by atoms with van der Waals surface area (Å²) in [5, 5.41) is 12.3. The highest BCUT2D eigenvalue weighted by Crippen LogP contribution is 2.18. The molecule has 2 aromatic carbocycles. The molecule has 1 aliphatic rings. The molecule has 0 fully saturated rings. The predicted molar refractivity (Wildman–Crippen MR) is 88.8 cm³/mol. The topological polar surface area (TPSA) is 63.9 Å². The summed E-state index contributed by atoms with van der Waals surface area (Å²) in [6, 6.07) is 17.9. The Morgan fingerprint density at radius 1 is 1.00 bits per heavy atom. The van der Waals surface area contributed by atoms with E-state index in [0.29, 0.717) is 12.4 Å². The van der Waals surface area contributed by atoms with E-state index in [1.807, 2.05) is 47.4 Å². The van der Waals surface area contributed by atoms with Crippen molar-refractivity contribution in [2.45, 2.75) is 19.5 Å². The number of tetrazole rings is 1. The van der Waals surface area contributed by atoms with Crippen molar-refractivity contribution in [1.29, 1.82) is 0 Å². The summed E-state index contributed by atoms with van der Waals surface area (Å²) >= 11 is 0. The summed E-state index contributed by atoms with van der Waals surface area (Å²) in [4.78, 5) is 15.7. The number of benzene rings is 2. The van der Waals surface area contributed by atoms with E-state index in [4.69, 9.17) is 0 Å². The van der Waals surface area contributed by atoms with Crippen molar-refractivity contribution in [2.75, 3.05) is 6.54 Å². The van der Waals surface area contributed by atoms with Crippen LogP contribution in [0.1, 0.15) is 11.1 Å². The molecule has 4 rings (SSSR count). The van der Waals surface area contributed by atoms with Gasteiger partial charge < -0.3 is 4.90 Å². The highest BCUT2D eigenvalue weighted by molar-refractivity contribution is 5.76. The summed E-state index contributed by atoms with van der Waals surface area (Å²) in [5.41, 5.74) is 3.43. The molecule has 0 atom stereocenters. The van der Waals surface area contributed by atoms with Crippen molar-refractivity contribution in [2.24, 2.45) is 0 Å². The molecule has 0 N–H and O–H groups in total. The maximum absolute atomic E-state index is 12.5. The fourth-order valence-electron chi connectivity index (χ4n) is 2.94. The monoisotopic (exact) mass is 319 g/mol. The Labute approximate surface area is 139 Å². The molecule has 0 saturated heterocycles. The molecule has 2 heterocycles. The molecule has 0 unspecified atom stereocenters. The molecule has 0 aliphatic carbocycles. The molecule has 0 radical (unpaired) electrons. The summed E-state index contributed by atoms with van der Waals surface area (Å²) in [5.74, 6) is 0.550. The third-order valence-electron chi connectivity index (χ3n) is 4.24. The molecule has 0 bridgehead atoms. The molecule has 0 spiro atoms. The summed E-state index contributed by atoms with van der Waals surface area (Å²) in [6.45, 7) is 1.49. The zero-order valence-corrected chi connectivity index (χ0v) is 13.2. The third kappa shape index (κ3) is 2.90. The molecular formula is C18H17N5O. The Bertz CT molecular complexity index is 859. The lowest BCUT2D eigenvalue weighted by Gasteiger charge is -2.28. The minimum atomic E-state index is 0.0153. The van der Waals surface area contributed by atoms with Gasteiger partial charge in [-0.15, -0.1) is 10.2 Å². The predicted octanol–water partition coefficient (Wildman–Crippen LogP) is 1.93. The minimum absolute atomic E-state index is 0.0153. The number of aromatic nitrogens is 4. The van der Waals surface area contributed by atoms with E-state index in [2.05, 4.69) is 27.5 Å². The van der Waals surface area contributed by atoms with Gasteiger partial charge in [-0.05, 0) is 22.8 Å². The van der Waals surface area contributed by atoms with Crippen LogP contribution in [-0.4, -0.2) is 37.6 Å². The summed E-state index contributed by atoms with van der Waals surface area (Å²) in [7, 11) is 0. The van der Waals surface area contributed by atoms with E-state index < -0.39 is 0 Å². The van der Waals surface area contributed by atoms with Crippen molar-refractivity contribution < 1.29 is 4.79 Å². The van der Waals surface area contributed by atoms with Crippen LogP contribution in [-0.2, 0) is 24.3 Å². The Balaban J connectivity index is 1.45. The van der Waals surface area contributed by atoms with E-state index in [0.717, 1.165) is 18.5 Å². The Kier molecular flexibility index (Phi) is 3.78. The lowest BCUT2D eigenvalue weighted by atomic mass is 10.00. The average molecular weight is 319 g/mol. The molecule has 1 amide bonds. The van der Waals surface area contributed by atoms with Crippen LogP contribution < -0.4 is 0 Å². The SMILES string of the molecule is O=C(Cn1nnc(-c2ccccc2)n1)N1CCc2ccccc2C1. The van der Waals surface area contributed by atoms with Crippen molar-refractivity contribution >= 4 is 5.91 Å². The first-order chi connectivity index (χ1) is 11.8. The zero-order chi connectivity index (χ0) is 16.4. The van der Waals surface area contributed by atoms with Gasteiger partial charge in [-0.3, -0.25) is 4.79 Å². The van der Waals surface area contributed by atoms with Crippen LogP contribution in [0.15, 0.2) is 54.6 Å². The Morgan fingerprint density at radius 3 is 2.58 bits per heavy atom. The van der Waals surface area contributed by atoms with E-state index in [1.165, 1.54) is 15.9 Å². The largest absolute Gasteiger partial charge is 0.336 e. The maximum atomic E-state index is 12.5. The second kappa shape index (κ2) is 6.23. The van der Waals surface area contributed by atoms with Crippen molar-refractivity contribution in [3.05, 3.63) is 65.7 Å². The first-order valence-electron chi connectivity index (χ1n) is 7.97. The van der Waals surface area contributed by atoms with Crippen LogP contribution in [0, 0.1) is 0 Å². The zero-order valence-electron chi connectivity index (χ0n) is 13.2. The minimum Gasteiger partial charge on any atom is -0.336 e. The summed E-state index contributed by atoms with van der Waals surface area (Å²) < 4.78 is 0. The number of carbonyl (C=O) groups excluding carboxylic acids is 1. The van der Waals surface area contributed by atoms with Gasteiger partial charge in [0.05, 0.1) is 0 Å². The van der Waals surface area contributed by atoms with Crippen LogP contribution in [0.25, 0.3) is 11.4 Å². The summed E-state index contributed by atoms with van der Waals surface area (Å²) in [6.07, 6.45) is 0.891. The molecule has 6 heteroatoms. The number of carbonyl (C=O) groups is 1. The van der Waals surface area contributed by atoms with Gasteiger partial charge in [-0.25, -0.2) is 0 Å². The van der Waals surface area contributed by atoms with Gasteiger partial charge in [-0.1, -0.05) is 54.6 Å². The molecule has 24 heavy (non-hydrogen) atoms. The second-order valence-corrected chi connectivity index (χ2v) is 5.84. The van der Waals surface area contributed by atoms with Gasteiger partial charge in [0.25, 0.3) is 0 Å². The van der Waals surface area contributed by atoms with Crippen LogP contribution in [0.3, 0.4) is 0 Å². The van der Waals surface area contributed by atoms with Crippen molar-refractivity contribution in [1.82, 2.24) is 25.1 Å². The normalized spacial score (nSPS) is 13.6. The van der Waals surface area contributed by atoms with E-state index in [1.54, 1.807) is 0 Å². The fourth-order valence-corrected chi connectivity index (χ4v) is 2.94. The van der Waals surface area contributed by atoms with Gasteiger partial charge in [0.15, 0.2) is 0 Å². The first-order valence-corrected chi connectivity index (χ1v) is 7.97. The number of hydrogen-bond acceptors (Lipinski definition) is 4. The lowest BCUT2D eigenvalue weighted by molar-refractivity contribution is -0.133. The smallest absolute Gasteiger partial charge is 0.246 e. The quantitative estimate of drug-likeness (QED) is 0.740. The third-order valence-corrected chi connectivity index (χ3v) is 4.24. The number of fused-ring (bicyclic) bond motifs is 1. The molecule has 1 aromatic heterocycles. The highest BCUT2D eigenvalue weighted by Gasteiger charge is 2.21. The van der Waals surface area contributed by atoms with Gasteiger partial charge in [0.1, 0.15) is 6.54 Å². The number of rotatable bonds is 3. The average Bonchev–Trinajstić information content (AvgIpc) is 3.10. The Morgan fingerprint density at radius 2 is 1.75 bits per heavy atom. The van der Waals surface area contributed by atoms with Crippen LogP contribution in [0.4, 0.5) is 0 Å². The van der Waals surface area contributed by atoms with E-state index in [9.17, 15) is 4.79 Å². The van der Waals surface area contributed by atoms with E-state index in [-0.39, 0.29) is 12.5 Å². The van der Waals surface area contributed by atoms with Crippen molar-refractivity contribution in [3.8, 4) is 11.4 Å². The number of amides is 1. The Hall–Kier alpha value is -3.02. The molecule has 1 aliphatic heterocycles. The highest BCUT2D eigenvalue weighted by atomic mass is 16.2. The fraction of sp³-hybridized carbons (Fsp3) is 0.222. The standard InChI is InChI=1S/C18H17N5O/c24-17(22-11-10-14-6-4-5-9-16(14)12-22)13-23-20-18(19-21-23)15-7-2-1-3-8-15/h1-9H,10-13H2. The molecule has 3 aromatic rings. The molecule has 6 nitrogen and oxygen atoms in total. The maximum Gasteiger partial charge on any atom is 0.246 e. The first kappa shape index (κ1) is 14.6. The van der Waals surface area contributed by atoms with Crippen LogP contribution in [0.2, 0.25) is 0 Å². The van der Waals surface area contributed by atoms with E-state index >= 15 is 0 Å². The van der Waals surface area contributed by atoms with Gasteiger partial charge in [-0.2, -0.15) is 4.80 Å². The molecule has 0 saturated carbocycles.